The maximum absolute atomic E-state index is 4.80. The van der Waals surface area contributed by atoms with Gasteiger partial charge >= 0.3 is 0 Å². The van der Waals surface area contributed by atoms with Gasteiger partial charge in [-0.3, -0.25) is 4.98 Å². The highest BCUT2D eigenvalue weighted by Gasteiger charge is 2.20. The van der Waals surface area contributed by atoms with E-state index in [-0.39, 0.29) is 0 Å². The van der Waals surface area contributed by atoms with E-state index in [1.807, 2.05) is 0 Å². The summed E-state index contributed by atoms with van der Waals surface area (Å²) in [6, 6.07) is 13.2. The van der Waals surface area contributed by atoms with Crippen LogP contribution in [0.5, 0.6) is 0 Å². The van der Waals surface area contributed by atoms with Crippen LogP contribution in [0.15, 0.2) is 36.4 Å². The van der Waals surface area contributed by atoms with E-state index < -0.39 is 0 Å². The number of benzene rings is 1. The van der Waals surface area contributed by atoms with Crippen LogP contribution < -0.4 is 5.32 Å². The van der Waals surface area contributed by atoms with Crippen LogP contribution in [0.2, 0.25) is 0 Å². The monoisotopic (exact) mass is 270 g/mol. The number of likely N-dealkylation sites (N-methyl/N-ethyl adjacent to an activating group) is 1. The minimum atomic E-state index is 0.494. The minimum absolute atomic E-state index is 0.494. The second kappa shape index (κ2) is 6.85. The molecule has 2 rings (SSSR count). The zero-order valence-corrected chi connectivity index (χ0v) is 13.1. The Kier molecular flexibility index (Phi) is 5.13. The van der Waals surface area contributed by atoms with E-state index >= 15 is 0 Å². The molecule has 1 aromatic carbocycles. The summed E-state index contributed by atoms with van der Waals surface area (Å²) in [5.41, 5.74) is 2.28. The lowest BCUT2D eigenvalue weighted by atomic mass is 9.87. The van der Waals surface area contributed by atoms with E-state index in [2.05, 4.69) is 69.4 Å². The molecule has 0 aliphatic carbocycles. The van der Waals surface area contributed by atoms with Gasteiger partial charge in [0, 0.05) is 23.5 Å². The molecule has 0 amide bonds. The lowest BCUT2D eigenvalue weighted by molar-refractivity contribution is 0.299. The van der Waals surface area contributed by atoms with Crippen molar-refractivity contribution in [1.29, 1.82) is 0 Å². The Balaban J connectivity index is 2.19. The summed E-state index contributed by atoms with van der Waals surface area (Å²) in [6.07, 6.45) is 0.998. The maximum Gasteiger partial charge on any atom is 0.0705 e. The highest BCUT2D eigenvalue weighted by atomic mass is 14.9. The third-order valence-electron chi connectivity index (χ3n) is 4.24. The molecule has 2 atom stereocenters. The van der Waals surface area contributed by atoms with Gasteiger partial charge in [0.1, 0.15) is 0 Å². The molecule has 0 spiro atoms. The molecule has 0 saturated heterocycles. The average Bonchev–Trinajstić information content (AvgIpc) is 2.46. The molecular weight excluding hydrogens is 244 g/mol. The fraction of sp³-hybridized carbons (Fsp3) is 0.500. The fourth-order valence-corrected chi connectivity index (χ4v) is 2.62. The van der Waals surface area contributed by atoms with Crippen molar-refractivity contribution in [2.24, 2.45) is 11.8 Å². The summed E-state index contributed by atoms with van der Waals surface area (Å²) in [4.78, 5) is 4.80. The molecule has 1 N–H and O–H groups in total. The van der Waals surface area contributed by atoms with Gasteiger partial charge in [-0.05, 0) is 30.5 Å². The number of fused-ring (bicyclic) bond motifs is 1. The Hall–Kier alpha value is -1.41. The van der Waals surface area contributed by atoms with Gasteiger partial charge in [0.05, 0.1) is 5.52 Å². The Labute approximate surface area is 122 Å². The molecule has 0 aliphatic heterocycles. The Morgan fingerprint density at radius 3 is 2.50 bits per heavy atom. The molecule has 0 radical (unpaired) electrons. The Bertz CT molecular complexity index is 548. The topological polar surface area (TPSA) is 24.9 Å². The molecule has 0 saturated carbocycles. The van der Waals surface area contributed by atoms with Gasteiger partial charge in [0.2, 0.25) is 0 Å². The number of pyridine rings is 1. The summed E-state index contributed by atoms with van der Waals surface area (Å²) in [7, 11) is 0. The second-order valence-corrected chi connectivity index (χ2v) is 5.97. The van der Waals surface area contributed by atoms with Gasteiger partial charge in [-0.1, -0.05) is 52.0 Å². The number of nitrogens with one attached hydrogen (secondary N) is 1. The van der Waals surface area contributed by atoms with Crippen LogP contribution in [0.3, 0.4) is 0 Å². The zero-order chi connectivity index (χ0) is 14.5. The molecule has 2 nitrogen and oxygen atoms in total. The van der Waals surface area contributed by atoms with E-state index in [9.17, 15) is 0 Å². The van der Waals surface area contributed by atoms with Crippen molar-refractivity contribution >= 4 is 10.9 Å². The van der Waals surface area contributed by atoms with E-state index in [1.54, 1.807) is 0 Å². The summed E-state index contributed by atoms with van der Waals surface area (Å²) < 4.78 is 0. The fourth-order valence-electron chi connectivity index (χ4n) is 2.62. The average molecular weight is 270 g/mol. The van der Waals surface area contributed by atoms with E-state index in [0.29, 0.717) is 17.9 Å². The number of para-hydroxylation sites is 1. The van der Waals surface area contributed by atoms with Crippen molar-refractivity contribution in [3.8, 4) is 0 Å². The summed E-state index contributed by atoms with van der Waals surface area (Å²) in [6.45, 7) is 10.1. The van der Waals surface area contributed by atoms with Crippen molar-refractivity contribution < 1.29 is 0 Å². The predicted octanol–water partition coefficient (Wildman–Crippen LogP) is 4.05. The third kappa shape index (κ3) is 3.57. The highest BCUT2D eigenvalue weighted by Crippen LogP contribution is 2.19. The third-order valence-corrected chi connectivity index (χ3v) is 4.24. The van der Waals surface area contributed by atoms with Crippen molar-refractivity contribution in [3.63, 3.8) is 0 Å². The maximum atomic E-state index is 4.80. The van der Waals surface area contributed by atoms with Crippen LogP contribution in [0.25, 0.3) is 10.9 Å². The first kappa shape index (κ1) is 15.0. The minimum Gasteiger partial charge on any atom is -0.314 e. The molecule has 108 valence electrons. The van der Waals surface area contributed by atoms with E-state index in [0.717, 1.165) is 18.5 Å². The smallest absolute Gasteiger partial charge is 0.0705 e. The number of aromatic nitrogens is 1. The molecule has 1 heterocycles. The van der Waals surface area contributed by atoms with Crippen molar-refractivity contribution in [2.75, 3.05) is 6.54 Å². The largest absolute Gasteiger partial charge is 0.314 e. The van der Waals surface area contributed by atoms with Gasteiger partial charge in [0.15, 0.2) is 0 Å². The molecule has 0 aliphatic rings. The summed E-state index contributed by atoms with van der Waals surface area (Å²) in [5.74, 6) is 1.32. The standard InChI is InChI=1S/C18H26N2/c1-5-19-18(14(4)13(2)3)12-16-11-10-15-8-6-7-9-17(15)20-16/h6-11,13-14,18-19H,5,12H2,1-4H3. The molecule has 0 fully saturated rings. The molecule has 0 bridgehead atoms. The van der Waals surface area contributed by atoms with Crippen LogP contribution in [-0.4, -0.2) is 17.6 Å². The van der Waals surface area contributed by atoms with Gasteiger partial charge in [0.25, 0.3) is 0 Å². The summed E-state index contributed by atoms with van der Waals surface area (Å²) in [5, 5.41) is 4.84. The first-order valence-corrected chi connectivity index (χ1v) is 7.70. The lowest BCUT2D eigenvalue weighted by Gasteiger charge is -2.27. The van der Waals surface area contributed by atoms with Gasteiger partial charge in [-0.15, -0.1) is 0 Å². The van der Waals surface area contributed by atoms with Crippen molar-refractivity contribution in [3.05, 3.63) is 42.1 Å². The molecule has 2 unspecified atom stereocenters. The van der Waals surface area contributed by atoms with E-state index in [1.165, 1.54) is 11.1 Å². The summed E-state index contributed by atoms with van der Waals surface area (Å²) >= 11 is 0. The first-order valence-electron chi connectivity index (χ1n) is 7.70. The van der Waals surface area contributed by atoms with Crippen molar-refractivity contribution in [2.45, 2.75) is 40.2 Å². The number of hydrogen-bond donors (Lipinski definition) is 1. The van der Waals surface area contributed by atoms with Crippen LogP contribution in [0.1, 0.15) is 33.4 Å². The predicted molar refractivity (Wildman–Crippen MR) is 86.9 cm³/mol. The van der Waals surface area contributed by atoms with Crippen LogP contribution in [0, 0.1) is 11.8 Å². The van der Waals surface area contributed by atoms with Gasteiger partial charge < -0.3 is 5.32 Å². The molecule has 2 aromatic rings. The Morgan fingerprint density at radius 1 is 1.05 bits per heavy atom. The lowest BCUT2D eigenvalue weighted by Crippen LogP contribution is -2.39. The van der Waals surface area contributed by atoms with Gasteiger partial charge in [-0.25, -0.2) is 0 Å². The second-order valence-electron chi connectivity index (χ2n) is 5.97. The SMILES string of the molecule is CCNC(Cc1ccc2ccccc2n1)C(C)C(C)C. The van der Waals surface area contributed by atoms with Crippen molar-refractivity contribution in [1.82, 2.24) is 10.3 Å². The number of nitrogens with zero attached hydrogens (tertiary/aromatic N) is 1. The first-order chi connectivity index (χ1) is 9.61. The number of hydrogen-bond acceptors (Lipinski definition) is 2. The molecule has 1 aromatic heterocycles. The molecule has 20 heavy (non-hydrogen) atoms. The Morgan fingerprint density at radius 2 is 1.80 bits per heavy atom. The van der Waals surface area contributed by atoms with Crippen LogP contribution in [-0.2, 0) is 6.42 Å². The number of rotatable bonds is 6. The van der Waals surface area contributed by atoms with Crippen LogP contribution in [0.4, 0.5) is 0 Å². The molecule has 2 heteroatoms. The quantitative estimate of drug-likeness (QED) is 0.856. The van der Waals surface area contributed by atoms with Crippen LogP contribution >= 0.6 is 0 Å². The molecular formula is C18H26N2. The normalized spacial score (nSPS) is 14.7. The van der Waals surface area contributed by atoms with E-state index in [4.69, 9.17) is 4.98 Å². The zero-order valence-electron chi connectivity index (χ0n) is 13.1. The highest BCUT2D eigenvalue weighted by molar-refractivity contribution is 5.78. The van der Waals surface area contributed by atoms with Gasteiger partial charge in [-0.2, -0.15) is 0 Å².